The first-order valence-electron chi connectivity index (χ1n) is 5.18. The van der Waals surface area contributed by atoms with E-state index in [9.17, 15) is 8.42 Å². The fourth-order valence-electron chi connectivity index (χ4n) is 1.62. The number of aromatic nitrogens is 3. The maximum atomic E-state index is 11.4. The minimum Gasteiger partial charge on any atom is -0.297 e. The number of rotatable bonds is 3. The van der Waals surface area contributed by atoms with Crippen LogP contribution in [0.4, 0.5) is 0 Å². The zero-order valence-corrected chi connectivity index (χ0v) is 12.7. The summed E-state index contributed by atoms with van der Waals surface area (Å²) in [4.78, 5) is 0. The molecule has 1 aromatic carbocycles. The van der Waals surface area contributed by atoms with Gasteiger partial charge in [-0.25, -0.2) is 8.42 Å². The highest BCUT2D eigenvalue weighted by molar-refractivity contribution is 8.13. The number of hydrogen-bond donors (Lipinski definition) is 0. The third-order valence-corrected chi connectivity index (χ3v) is 4.14. The van der Waals surface area contributed by atoms with Crippen LogP contribution in [0.1, 0.15) is 6.92 Å². The SMILES string of the molecule is CCn1c(-c2cc(Cl)ccc2Cl)nnc1S(=O)(=O)Cl. The van der Waals surface area contributed by atoms with Gasteiger partial charge in [-0.3, -0.25) is 4.57 Å². The van der Waals surface area contributed by atoms with Gasteiger partial charge in [0.2, 0.25) is 0 Å². The Morgan fingerprint density at radius 2 is 1.95 bits per heavy atom. The maximum absolute atomic E-state index is 11.4. The van der Waals surface area contributed by atoms with Crippen molar-refractivity contribution in [3.8, 4) is 11.4 Å². The Balaban J connectivity index is 2.70. The van der Waals surface area contributed by atoms with Crippen molar-refractivity contribution in [2.75, 3.05) is 0 Å². The summed E-state index contributed by atoms with van der Waals surface area (Å²) in [5, 5.41) is 7.96. The molecule has 0 saturated carbocycles. The highest BCUT2D eigenvalue weighted by Crippen LogP contribution is 2.30. The van der Waals surface area contributed by atoms with Crippen LogP contribution in [0.3, 0.4) is 0 Å². The average Bonchev–Trinajstić information content (AvgIpc) is 2.75. The molecule has 0 aliphatic carbocycles. The van der Waals surface area contributed by atoms with Crippen molar-refractivity contribution in [3.05, 3.63) is 28.2 Å². The van der Waals surface area contributed by atoms with Crippen LogP contribution in [0.2, 0.25) is 10.0 Å². The van der Waals surface area contributed by atoms with E-state index in [0.717, 1.165) is 0 Å². The normalized spacial score (nSPS) is 11.8. The molecule has 0 N–H and O–H groups in total. The van der Waals surface area contributed by atoms with Crippen LogP contribution < -0.4 is 0 Å². The molecule has 5 nitrogen and oxygen atoms in total. The zero-order chi connectivity index (χ0) is 14.2. The highest BCUT2D eigenvalue weighted by Gasteiger charge is 2.23. The van der Waals surface area contributed by atoms with Gasteiger partial charge in [-0.2, -0.15) is 0 Å². The van der Waals surface area contributed by atoms with Gasteiger partial charge in [-0.1, -0.05) is 23.2 Å². The second kappa shape index (κ2) is 5.28. The summed E-state index contributed by atoms with van der Waals surface area (Å²) in [6, 6.07) is 4.81. The van der Waals surface area contributed by atoms with Crippen LogP contribution in [0.15, 0.2) is 23.4 Å². The van der Waals surface area contributed by atoms with Gasteiger partial charge in [-0.05, 0) is 25.1 Å². The van der Waals surface area contributed by atoms with Crippen LogP contribution in [-0.4, -0.2) is 23.2 Å². The van der Waals surface area contributed by atoms with E-state index in [1.54, 1.807) is 25.1 Å². The lowest BCUT2D eigenvalue weighted by Gasteiger charge is -2.07. The molecule has 1 heterocycles. The summed E-state index contributed by atoms with van der Waals surface area (Å²) < 4.78 is 24.1. The minimum absolute atomic E-state index is 0.300. The molecule has 9 heteroatoms. The summed E-state index contributed by atoms with van der Waals surface area (Å²) in [6.07, 6.45) is 0. The summed E-state index contributed by atoms with van der Waals surface area (Å²) in [7, 11) is 1.33. The van der Waals surface area contributed by atoms with Gasteiger partial charge < -0.3 is 0 Å². The van der Waals surface area contributed by atoms with Gasteiger partial charge in [0.25, 0.3) is 14.2 Å². The summed E-state index contributed by atoms with van der Waals surface area (Å²) in [6.45, 7) is 2.07. The first-order valence-corrected chi connectivity index (χ1v) is 8.24. The Morgan fingerprint density at radius 3 is 2.53 bits per heavy atom. The Bertz CT molecular complexity index is 728. The highest BCUT2D eigenvalue weighted by atomic mass is 35.7. The zero-order valence-electron chi connectivity index (χ0n) is 9.64. The smallest absolute Gasteiger partial charge is 0.296 e. The summed E-state index contributed by atoms with van der Waals surface area (Å²) >= 11 is 12.0. The average molecular weight is 341 g/mol. The fraction of sp³-hybridized carbons (Fsp3) is 0.200. The van der Waals surface area contributed by atoms with Crippen LogP contribution in [-0.2, 0) is 15.6 Å². The van der Waals surface area contributed by atoms with Crippen LogP contribution in [0.5, 0.6) is 0 Å². The first-order chi connectivity index (χ1) is 8.84. The summed E-state index contributed by atoms with van der Waals surface area (Å²) in [5.74, 6) is 0.300. The Morgan fingerprint density at radius 1 is 1.26 bits per heavy atom. The van der Waals surface area contributed by atoms with Crippen molar-refractivity contribution in [2.45, 2.75) is 18.6 Å². The molecule has 1 aromatic heterocycles. The molecule has 0 amide bonds. The largest absolute Gasteiger partial charge is 0.297 e. The second-order valence-electron chi connectivity index (χ2n) is 3.61. The molecule has 0 unspecified atom stereocenters. The molecule has 0 aliphatic heterocycles. The molecular weight excluding hydrogens is 333 g/mol. The molecule has 0 spiro atoms. The molecule has 19 heavy (non-hydrogen) atoms. The molecule has 2 rings (SSSR count). The molecule has 0 radical (unpaired) electrons. The summed E-state index contributed by atoms with van der Waals surface area (Å²) in [5.41, 5.74) is 0.495. The Labute approximate surface area is 124 Å². The molecule has 102 valence electrons. The number of benzene rings is 1. The van der Waals surface area contributed by atoms with E-state index < -0.39 is 9.05 Å². The van der Waals surface area contributed by atoms with E-state index in [4.69, 9.17) is 33.9 Å². The number of halogens is 3. The van der Waals surface area contributed by atoms with Crippen LogP contribution >= 0.6 is 33.9 Å². The van der Waals surface area contributed by atoms with Crippen LogP contribution in [0.25, 0.3) is 11.4 Å². The third-order valence-electron chi connectivity index (χ3n) is 2.42. The van der Waals surface area contributed by atoms with Crippen molar-refractivity contribution in [1.82, 2.24) is 14.8 Å². The van der Waals surface area contributed by atoms with Gasteiger partial charge >= 0.3 is 0 Å². The van der Waals surface area contributed by atoms with Crippen molar-refractivity contribution in [3.63, 3.8) is 0 Å². The molecule has 0 bridgehead atoms. The standard InChI is InChI=1S/C10H8Cl3N3O2S/c1-2-16-9(14-15-10(16)19(13,17)18)7-5-6(11)3-4-8(7)12/h3-5H,2H2,1H3. The molecule has 2 aromatic rings. The Hall–Kier alpha value is -0.820. The number of nitrogens with zero attached hydrogens (tertiary/aromatic N) is 3. The second-order valence-corrected chi connectivity index (χ2v) is 6.92. The first kappa shape index (κ1) is 14.6. The van der Waals surface area contributed by atoms with E-state index >= 15 is 0 Å². The van der Waals surface area contributed by atoms with E-state index in [-0.39, 0.29) is 5.16 Å². The maximum Gasteiger partial charge on any atom is 0.296 e. The molecular formula is C10H8Cl3N3O2S. The van der Waals surface area contributed by atoms with Crippen molar-refractivity contribution < 1.29 is 8.42 Å². The molecule has 0 fully saturated rings. The van der Waals surface area contributed by atoms with E-state index in [1.807, 2.05) is 0 Å². The minimum atomic E-state index is -3.97. The molecule has 0 atom stereocenters. The third kappa shape index (κ3) is 2.86. The van der Waals surface area contributed by atoms with Gasteiger partial charge in [0.1, 0.15) is 0 Å². The van der Waals surface area contributed by atoms with Gasteiger partial charge in [-0.15, -0.1) is 10.2 Å². The van der Waals surface area contributed by atoms with Gasteiger partial charge in [0, 0.05) is 27.8 Å². The van der Waals surface area contributed by atoms with Crippen LogP contribution in [0, 0.1) is 0 Å². The van der Waals surface area contributed by atoms with Gasteiger partial charge in [0.15, 0.2) is 5.82 Å². The Kier molecular flexibility index (Phi) is 4.06. The van der Waals surface area contributed by atoms with E-state index in [1.165, 1.54) is 4.57 Å². The van der Waals surface area contributed by atoms with E-state index in [2.05, 4.69) is 10.2 Å². The van der Waals surface area contributed by atoms with Crippen molar-refractivity contribution in [2.24, 2.45) is 0 Å². The predicted molar refractivity (Wildman–Crippen MR) is 74.2 cm³/mol. The van der Waals surface area contributed by atoms with E-state index in [0.29, 0.717) is 28.0 Å². The van der Waals surface area contributed by atoms with Crippen molar-refractivity contribution >= 4 is 42.9 Å². The molecule has 0 saturated heterocycles. The fourth-order valence-corrected chi connectivity index (χ4v) is 2.96. The lowest BCUT2D eigenvalue weighted by Crippen LogP contribution is -2.06. The van der Waals surface area contributed by atoms with Crippen molar-refractivity contribution in [1.29, 1.82) is 0 Å². The molecule has 0 aliphatic rings. The lowest BCUT2D eigenvalue weighted by atomic mass is 10.2. The number of hydrogen-bond acceptors (Lipinski definition) is 4. The monoisotopic (exact) mass is 339 g/mol. The van der Waals surface area contributed by atoms with Gasteiger partial charge in [0.05, 0.1) is 5.02 Å². The predicted octanol–water partition coefficient (Wildman–Crippen LogP) is 3.20. The topological polar surface area (TPSA) is 64.8 Å². The lowest BCUT2D eigenvalue weighted by molar-refractivity contribution is 0.583. The quantitative estimate of drug-likeness (QED) is 0.805.